The molecule has 0 bridgehead atoms. The molecular formula is C16H23N5O. The van der Waals surface area contributed by atoms with E-state index in [2.05, 4.69) is 45.9 Å². The Hall–Kier alpha value is -2.63. The normalized spacial score (nSPS) is 13.7. The van der Waals surface area contributed by atoms with Crippen LogP contribution in [0, 0.1) is 0 Å². The van der Waals surface area contributed by atoms with Crippen LogP contribution in [0.4, 0.5) is 11.6 Å². The summed E-state index contributed by atoms with van der Waals surface area (Å²) in [5.41, 5.74) is 1.19. The average Bonchev–Trinajstić information content (AvgIpc) is 2.53. The number of anilines is 2. The van der Waals surface area contributed by atoms with Crippen molar-refractivity contribution in [3.05, 3.63) is 49.1 Å². The van der Waals surface area contributed by atoms with Crippen molar-refractivity contribution in [1.82, 2.24) is 15.6 Å². The van der Waals surface area contributed by atoms with Gasteiger partial charge in [0.1, 0.15) is 12.4 Å². The number of hydrogen-bond acceptors (Lipinski definition) is 6. The van der Waals surface area contributed by atoms with Gasteiger partial charge >= 0.3 is 0 Å². The first-order valence-corrected chi connectivity index (χ1v) is 7.19. The van der Waals surface area contributed by atoms with Crippen LogP contribution in [0.25, 0.3) is 0 Å². The highest BCUT2D eigenvalue weighted by Gasteiger charge is 2.20. The number of ether oxygens (including phenoxy) is 1. The van der Waals surface area contributed by atoms with Crippen molar-refractivity contribution in [2.24, 2.45) is 0 Å². The molecule has 0 aliphatic carbocycles. The average molecular weight is 301 g/mol. The summed E-state index contributed by atoms with van der Waals surface area (Å²) in [5.74, 6) is 3.07. The van der Waals surface area contributed by atoms with Gasteiger partial charge in [-0.3, -0.25) is 0 Å². The summed E-state index contributed by atoms with van der Waals surface area (Å²) in [6.45, 7) is 11.8. The maximum atomic E-state index is 5.68. The molecule has 0 aromatic carbocycles. The van der Waals surface area contributed by atoms with Gasteiger partial charge in [-0.15, -0.1) is 0 Å². The lowest BCUT2D eigenvalue weighted by Gasteiger charge is -2.30. The molecule has 1 aliphatic rings. The van der Waals surface area contributed by atoms with E-state index in [0.29, 0.717) is 12.4 Å². The van der Waals surface area contributed by atoms with Gasteiger partial charge in [-0.1, -0.05) is 13.2 Å². The maximum Gasteiger partial charge on any atom is 0.173 e. The van der Waals surface area contributed by atoms with Gasteiger partial charge in [0.15, 0.2) is 11.6 Å². The van der Waals surface area contributed by atoms with E-state index in [1.165, 1.54) is 5.57 Å². The fraction of sp³-hybridized carbons (Fsp3) is 0.312. The number of pyridine rings is 1. The molecule has 2 rings (SSSR count). The zero-order chi connectivity index (χ0) is 15.9. The number of aromatic nitrogens is 1. The zero-order valence-electron chi connectivity index (χ0n) is 13.1. The summed E-state index contributed by atoms with van der Waals surface area (Å²) in [6.07, 6.45) is 3.59. The van der Waals surface area contributed by atoms with Gasteiger partial charge < -0.3 is 25.6 Å². The highest BCUT2D eigenvalue weighted by Crippen LogP contribution is 2.31. The predicted octanol–water partition coefficient (Wildman–Crippen LogP) is 2.02. The Labute approximate surface area is 131 Å². The minimum atomic E-state index is 0.660. The van der Waals surface area contributed by atoms with Gasteiger partial charge in [0.2, 0.25) is 0 Å². The van der Waals surface area contributed by atoms with Crippen molar-refractivity contribution < 1.29 is 4.74 Å². The van der Waals surface area contributed by atoms with Crippen LogP contribution in [0.1, 0.15) is 6.92 Å². The Kier molecular flexibility index (Phi) is 5.30. The Bertz CT molecular complexity index is 582. The molecule has 0 spiro atoms. The third-order valence-electron chi connectivity index (χ3n) is 3.23. The third-order valence-corrected chi connectivity index (χ3v) is 3.23. The number of nitrogens with one attached hydrogen (secondary N) is 3. The summed E-state index contributed by atoms with van der Waals surface area (Å²) < 4.78 is 5.68. The molecule has 0 fully saturated rings. The lowest BCUT2D eigenvalue weighted by molar-refractivity contribution is 0.306. The number of fused-ring (bicyclic) bond motifs is 1. The molecule has 1 aliphatic heterocycles. The second-order valence-electron chi connectivity index (χ2n) is 5.00. The number of hydrogen-bond donors (Lipinski definition) is 3. The second-order valence-corrected chi connectivity index (χ2v) is 5.00. The van der Waals surface area contributed by atoms with E-state index < -0.39 is 0 Å². The van der Waals surface area contributed by atoms with Crippen molar-refractivity contribution in [2.45, 2.75) is 6.92 Å². The fourth-order valence-electron chi connectivity index (χ4n) is 2.14. The lowest BCUT2D eigenvalue weighted by atomic mass is 10.2. The highest BCUT2D eigenvalue weighted by atomic mass is 16.5. The molecule has 6 heteroatoms. The maximum absolute atomic E-state index is 5.68. The first-order chi connectivity index (χ1) is 10.6. The molecule has 0 saturated carbocycles. The van der Waals surface area contributed by atoms with Gasteiger partial charge in [-0.25, -0.2) is 4.98 Å². The molecule has 0 radical (unpaired) electrons. The molecule has 0 amide bonds. The minimum absolute atomic E-state index is 0.660. The lowest BCUT2D eigenvalue weighted by Crippen LogP contribution is -2.35. The van der Waals surface area contributed by atoms with Crippen LogP contribution in [0.3, 0.4) is 0 Å². The topological polar surface area (TPSA) is 61.5 Å². The standard InChI is InChI=1S/C16H23N5O/c1-5-18-10-12(2)11-21-8-9-22-14-6-7-15(20-16(14)21)19-13(3)17-4/h5-7,10,17-18H,1,3,8-9,11H2,2,4H3,(H,19,20)/b12-10+. The first kappa shape index (κ1) is 15.8. The van der Waals surface area contributed by atoms with Crippen LogP contribution in [0.5, 0.6) is 5.75 Å². The first-order valence-electron chi connectivity index (χ1n) is 7.19. The van der Waals surface area contributed by atoms with E-state index in [9.17, 15) is 0 Å². The molecule has 22 heavy (non-hydrogen) atoms. The summed E-state index contributed by atoms with van der Waals surface area (Å²) in [4.78, 5) is 6.83. The zero-order valence-corrected chi connectivity index (χ0v) is 13.1. The van der Waals surface area contributed by atoms with Crippen molar-refractivity contribution in [2.75, 3.05) is 37.0 Å². The third kappa shape index (κ3) is 3.94. The highest BCUT2D eigenvalue weighted by molar-refractivity contribution is 5.60. The molecular weight excluding hydrogens is 278 g/mol. The molecule has 1 aromatic heterocycles. The van der Waals surface area contributed by atoms with Crippen LogP contribution in [0.2, 0.25) is 0 Å². The van der Waals surface area contributed by atoms with E-state index in [1.54, 1.807) is 6.20 Å². The summed E-state index contributed by atoms with van der Waals surface area (Å²) in [5, 5.41) is 9.05. The van der Waals surface area contributed by atoms with Crippen LogP contribution in [-0.4, -0.2) is 31.7 Å². The minimum Gasteiger partial charge on any atom is -0.488 e. The van der Waals surface area contributed by atoms with E-state index in [0.717, 1.165) is 30.5 Å². The number of nitrogens with zero attached hydrogens (tertiary/aromatic N) is 2. The van der Waals surface area contributed by atoms with Gasteiger partial charge in [0, 0.05) is 19.8 Å². The van der Waals surface area contributed by atoms with Gasteiger partial charge in [-0.2, -0.15) is 0 Å². The van der Waals surface area contributed by atoms with E-state index >= 15 is 0 Å². The Morgan fingerprint density at radius 1 is 1.50 bits per heavy atom. The summed E-state index contributed by atoms with van der Waals surface area (Å²) >= 11 is 0. The molecule has 6 nitrogen and oxygen atoms in total. The summed E-state index contributed by atoms with van der Waals surface area (Å²) in [7, 11) is 1.81. The molecule has 0 atom stereocenters. The van der Waals surface area contributed by atoms with Gasteiger partial charge in [0.25, 0.3) is 0 Å². The smallest absolute Gasteiger partial charge is 0.173 e. The molecule has 0 unspecified atom stereocenters. The SMILES string of the molecule is C=CN/C=C(\C)CN1CCOc2ccc(NC(=C)NC)nc21. The fourth-order valence-corrected chi connectivity index (χ4v) is 2.14. The van der Waals surface area contributed by atoms with E-state index in [1.807, 2.05) is 25.4 Å². The Balaban J connectivity index is 2.18. The largest absolute Gasteiger partial charge is 0.488 e. The molecule has 2 heterocycles. The predicted molar refractivity (Wildman–Crippen MR) is 90.9 cm³/mol. The molecule has 1 aromatic rings. The monoisotopic (exact) mass is 301 g/mol. The van der Waals surface area contributed by atoms with Crippen molar-refractivity contribution in [3.8, 4) is 5.75 Å². The second kappa shape index (κ2) is 7.40. The van der Waals surface area contributed by atoms with Crippen LogP contribution < -0.4 is 25.6 Å². The van der Waals surface area contributed by atoms with Crippen molar-refractivity contribution in [1.29, 1.82) is 0 Å². The molecule has 118 valence electrons. The van der Waals surface area contributed by atoms with Gasteiger partial charge in [-0.05, 0) is 30.8 Å². The quantitative estimate of drug-likeness (QED) is 0.716. The molecule has 3 N–H and O–H groups in total. The van der Waals surface area contributed by atoms with Gasteiger partial charge in [0.05, 0.1) is 12.4 Å². The summed E-state index contributed by atoms with van der Waals surface area (Å²) in [6, 6.07) is 3.81. The van der Waals surface area contributed by atoms with Crippen LogP contribution in [0.15, 0.2) is 49.1 Å². The van der Waals surface area contributed by atoms with Crippen molar-refractivity contribution in [3.63, 3.8) is 0 Å². The number of rotatable bonds is 7. The van der Waals surface area contributed by atoms with E-state index in [-0.39, 0.29) is 0 Å². The van der Waals surface area contributed by atoms with E-state index in [4.69, 9.17) is 4.74 Å². The Morgan fingerprint density at radius 3 is 3.05 bits per heavy atom. The molecule has 0 saturated heterocycles. The van der Waals surface area contributed by atoms with Crippen LogP contribution >= 0.6 is 0 Å². The van der Waals surface area contributed by atoms with Crippen molar-refractivity contribution >= 4 is 11.6 Å². The Morgan fingerprint density at radius 2 is 2.32 bits per heavy atom. The van der Waals surface area contributed by atoms with Crippen LogP contribution in [-0.2, 0) is 0 Å².